The second-order valence-electron chi connectivity index (χ2n) is 8.37. The van der Waals surface area contributed by atoms with E-state index in [1.807, 2.05) is 24.3 Å². The molecule has 33 heavy (non-hydrogen) atoms. The summed E-state index contributed by atoms with van der Waals surface area (Å²) < 4.78 is 24.5. The molecule has 0 radical (unpaired) electrons. The molecule has 0 fully saturated rings. The van der Waals surface area contributed by atoms with E-state index in [2.05, 4.69) is 10.3 Å². The minimum absolute atomic E-state index is 0.368. The van der Waals surface area contributed by atoms with Crippen molar-refractivity contribution in [1.82, 2.24) is 4.98 Å². The SMILES string of the molecule is CC(C)(c1cc(-c2cccc(C(=O)Nc3ccc[n+]([O-])c3)c2)c2ncccc2c1)S(C)(=O)=O. The lowest BCUT2D eigenvalue weighted by molar-refractivity contribution is -0.604. The van der Waals surface area contributed by atoms with Crippen molar-refractivity contribution in [3.8, 4) is 11.1 Å². The van der Waals surface area contributed by atoms with Crippen LogP contribution < -0.4 is 10.0 Å². The zero-order valence-electron chi connectivity index (χ0n) is 18.4. The molecule has 2 aromatic heterocycles. The number of rotatable bonds is 5. The molecule has 1 amide bonds. The first-order valence-corrected chi connectivity index (χ1v) is 12.1. The average Bonchev–Trinajstić information content (AvgIpc) is 2.77. The number of fused-ring (bicyclic) bond motifs is 1. The molecule has 0 aliphatic rings. The fourth-order valence-corrected chi connectivity index (χ4v) is 4.08. The Kier molecular flexibility index (Phi) is 5.63. The number of benzene rings is 2. The Morgan fingerprint density at radius 3 is 2.58 bits per heavy atom. The predicted octanol–water partition coefficient (Wildman–Crippen LogP) is 4.07. The minimum Gasteiger partial charge on any atom is -0.619 e. The van der Waals surface area contributed by atoms with Gasteiger partial charge in [-0.3, -0.25) is 9.78 Å². The van der Waals surface area contributed by atoms with Gasteiger partial charge in [0.15, 0.2) is 16.0 Å². The maximum absolute atomic E-state index is 12.8. The van der Waals surface area contributed by atoms with E-state index in [4.69, 9.17) is 0 Å². The smallest absolute Gasteiger partial charge is 0.255 e. The number of nitrogens with zero attached hydrogens (tertiary/aromatic N) is 2. The molecule has 2 aromatic carbocycles. The Hall–Kier alpha value is -3.78. The standard InChI is InChI=1S/C25H23N3O4S/c1-25(2,33(3,31)32)20-14-18-9-5-11-26-23(18)22(15-20)17-7-4-8-19(13-17)24(29)27-21-10-6-12-28(30)16-21/h4-16H,1-3H3,(H,27,29). The van der Waals surface area contributed by atoms with E-state index in [9.17, 15) is 18.4 Å². The van der Waals surface area contributed by atoms with Crippen molar-refractivity contribution in [2.75, 3.05) is 11.6 Å². The molecule has 168 valence electrons. The summed E-state index contributed by atoms with van der Waals surface area (Å²) in [6, 6.07) is 17.5. The molecular weight excluding hydrogens is 438 g/mol. The van der Waals surface area contributed by atoms with Crippen molar-refractivity contribution in [2.24, 2.45) is 0 Å². The molecule has 7 nitrogen and oxygen atoms in total. The second-order valence-corrected chi connectivity index (χ2v) is 10.9. The fourth-order valence-electron chi connectivity index (χ4n) is 3.53. The van der Waals surface area contributed by atoms with Crippen LogP contribution in [0.4, 0.5) is 5.69 Å². The van der Waals surface area contributed by atoms with Gasteiger partial charge in [-0.25, -0.2) is 8.42 Å². The summed E-state index contributed by atoms with van der Waals surface area (Å²) in [4.78, 5) is 17.3. The second kappa shape index (κ2) is 8.29. The lowest BCUT2D eigenvalue weighted by Crippen LogP contribution is -2.28. The molecule has 0 unspecified atom stereocenters. The van der Waals surface area contributed by atoms with Crippen LogP contribution in [0.1, 0.15) is 29.8 Å². The van der Waals surface area contributed by atoms with Crippen molar-refractivity contribution in [2.45, 2.75) is 18.6 Å². The van der Waals surface area contributed by atoms with Gasteiger partial charge in [-0.1, -0.05) is 18.2 Å². The van der Waals surface area contributed by atoms with Crippen molar-refractivity contribution in [3.05, 3.63) is 95.6 Å². The highest BCUT2D eigenvalue weighted by Crippen LogP contribution is 2.36. The van der Waals surface area contributed by atoms with Crippen LogP contribution in [0.25, 0.3) is 22.0 Å². The van der Waals surface area contributed by atoms with E-state index < -0.39 is 14.6 Å². The van der Waals surface area contributed by atoms with Gasteiger partial charge >= 0.3 is 0 Å². The third-order valence-corrected chi connectivity index (χ3v) is 7.89. The van der Waals surface area contributed by atoms with Crippen molar-refractivity contribution < 1.29 is 17.9 Å². The lowest BCUT2D eigenvalue weighted by Gasteiger charge is -2.24. The molecule has 0 spiro atoms. The highest BCUT2D eigenvalue weighted by Gasteiger charge is 2.33. The van der Waals surface area contributed by atoms with E-state index in [0.29, 0.717) is 27.1 Å². The monoisotopic (exact) mass is 461 g/mol. The van der Waals surface area contributed by atoms with E-state index in [1.54, 1.807) is 56.4 Å². The molecule has 2 heterocycles. The number of carbonyl (C=O) groups excluding carboxylic acids is 1. The number of anilines is 1. The highest BCUT2D eigenvalue weighted by molar-refractivity contribution is 7.91. The van der Waals surface area contributed by atoms with Gasteiger partial charge in [0, 0.05) is 35.0 Å². The van der Waals surface area contributed by atoms with Crippen LogP contribution in [0.3, 0.4) is 0 Å². The van der Waals surface area contributed by atoms with Gasteiger partial charge in [-0.2, -0.15) is 4.73 Å². The Morgan fingerprint density at radius 2 is 1.85 bits per heavy atom. The Morgan fingerprint density at radius 1 is 1.06 bits per heavy atom. The van der Waals surface area contributed by atoms with Crippen molar-refractivity contribution >= 4 is 32.3 Å². The lowest BCUT2D eigenvalue weighted by atomic mass is 9.93. The number of sulfone groups is 1. The number of amides is 1. The van der Waals surface area contributed by atoms with E-state index in [1.165, 1.54) is 18.6 Å². The number of hydrogen-bond acceptors (Lipinski definition) is 5. The summed E-state index contributed by atoms with van der Waals surface area (Å²) in [7, 11) is -3.39. The van der Waals surface area contributed by atoms with Gasteiger partial charge in [-0.05, 0) is 61.4 Å². The third-order valence-electron chi connectivity index (χ3n) is 5.80. The predicted molar refractivity (Wildman–Crippen MR) is 128 cm³/mol. The zero-order chi connectivity index (χ0) is 23.8. The molecule has 0 aliphatic heterocycles. The Bertz CT molecular complexity index is 1480. The first-order chi connectivity index (χ1) is 15.6. The summed E-state index contributed by atoms with van der Waals surface area (Å²) in [6.07, 6.45) is 5.51. The maximum Gasteiger partial charge on any atom is 0.255 e. The first kappa shape index (κ1) is 22.4. The van der Waals surface area contributed by atoms with Crippen LogP contribution >= 0.6 is 0 Å². The quantitative estimate of drug-likeness (QED) is 0.356. The Labute approximate surface area is 192 Å². The number of hydrogen-bond donors (Lipinski definition) is 1. The van der Waals surface area contributed by atoms with Crippen LogP contribution in [-0.4, -0.2) is 25.6 Å². The molecule has 0 atom stereocenters. The van der Waals surface area contributed by atoms with E-state index >= 15 is 0 Å². The van der Waals surface area contributed by atoms with Crippen LogP contribution in [0, 0.1) is 5.21 Å². The molecule has 0 bridgehead atoms. The summed E-state index contributed by atoms with van der Waals surface area (Å²) in [5, 5.41) is 15.0. The molecular formula is C25H23N3O4S. The van der Waals surface area contributed by atoms with Gasteiger partial charge in [-0.15, -0.1) is 0 Å². The van der Waals surface area contributed by atoms with Gasteiger partial charge in [0.25, 0.3) is 5.91 Å². The number of aromatic nitrogens is 2. The largest absolute Gasteiger partial charge is 0.619 e. The zero-order valence-corrected chi connectivity index (χ0v) is 19.3. The summed E-state index contributed by atoms with van der Waals surface area (Å²) in [5.74, 6) is -0.368. The molecule has 4 rings (SSSR count). The number of carbonyl (C=O) groups is 1. The Balaban J connectivity index is 1.81. The van der Waals surface area contributed by atoms with Gasteiger partial charge < -0.3 is 10.5 Å². The summed E-state index contributed by atoms with van der Waals surface area (Å²) in [6.45, 7) is 3.35. The molecule has 0 saturated carbocycles. The fraction of sp³-hybridized carbons (Fsp3) is 0.160. The van der Waals surface area contributed by atoms with Gasteiger partial charge in [0.05, 0.1) is 10.3 Å². The first-order valence-electron chi connectivity index (χ1n) is 10.3. The van der Waals surface area contributed by atoms with Crippen LogP contribution in [-0.2, 0) is 14.6 Å². The molecule has 4 aromatic rings. The van der Waals surface area contributed by atoms with Crippen LogP contribution in [0.15, 0.2) is 79.3 Å². The van der Waals surface area contributed by atoms with Gasteiger partial charge in [0.1, 0.15) is 5.69 Å². The third kappa shape index (κ3) is 4.42. The average molecular weight is 462 g/mol. The maximum atomic E-state index is 12.8. The van der Waals surface area contributed by atoms with Crippen LogP contribution in [0.5, 0.6) is 0 Å². The minimum atomic E-state index is -3.39. The van der Waals surface area contributed by atoms with Gasteiger partial charge in [0.2, 0.25) is 6.20 Å². The van der Waals surface area contributed by atoms with E-state index in [0.717, 1.165) is 16.5 Å². The normalized spacial score (nSPS) is 12.0. The van der Waals surface area contributed by atoms with Crippen molar-refractivity contribution in [1.29, 1.82) is 0 Å². The summed E-state index contributed by atoms with van der Waals surface area (Å²) >= 11 is 0. The van der Waals surface area contributed by atoms with Crippen molar-refractivity contribution in [3.63, 3.8) is 0 Å². The number of nitrogens with one attached hydrogen (secondary N) is 1. The summed E-state index contributed by atoms with van der Waals surface area (Å²) in [5.41, 5.74) is 3.58. The van der Waals surface area contributed by atoms with E-state index in [-0.39, 0.29) is 5.91 Å². The molecule has 1 N–H and O–H groups in total. The van der Waals surface area contributed by atoms with Crippen LogP contribution in [0.2, 0.25) is 0 Å². The molecule has 0 saturated heterocycles. The highest BCUT2D eigenvalue weighted by atomic mass is 32.2. The molecule has 0 aliphatic carbocycles. The topological polar surface area (TPSA) is 103 Å². The molecule has 8 heteroatoms. The number of pyridine rings is 2.